The van der Waals surface area contributed by atoms with Gasteiger partial charge in [-0.25, -0.2) is 4.98 Å². The molecular weight excluding hydrogens is 294 g/mol. The van der Waals surface area contributed by atoms with E-state index in [2.05, 4.69) is 36.2 Å². The largest absolute Gasteiger partial charge is 0.233 e. The Kier molecular flexibility index (Phi) is 4.44. The van der Waals surface area contributed by atoms with Gasteiger partial charge in [0.05, 0.1) is 16.8 Å². The quantitative estimate of drug-likeness (QED) is 0.825. The van der Waals surface area contributed by atoms with Crippen LogP contribution in [0.5, 0.6) is 0 Å². The van der Waals surface area contributed by atoms with E-state index in [4.69, 9.17) is 16.6 Å². The lowest BCUT2D eigenvalue weighted by molar-refractivity contribution is 0.279. The van der Waals surface area contributed by atoms with Crippen molar-refractivity contribution in [2.24, 2.45) is 0 Å². The number of aromatic nitrogens is 3. The SMILES string of the molecule is CCc1nnc(C2(C3=CCC=C(Cl)C=C3)CCC2)nc1CC. The first-order valence-electron chi connectivity index (χ1n) is 8.17. The topological polar surface area (TPSA) is 38.7 Å². The molecule has 0 amide bonds. The number of halogens is 1. The molecule has 0 radical (unpaired) electrons. The van der Waals surface area contributed by atoms with Crippen molar-refractivity contribution < 1.29 is 0 Å². The molecule has 0 aromatic carbocycles. The molecule has 0 unspecified atom stereocenters. The Morgan fingerprint density at radius 2 is 1.82 bits per heavy atom. The molecule has 4 heteroatoms. The summed E-state index contributed by atoms with van der Waals surface area (Å²) in [6, 6.07) is 0. The maximum absolute atomic E-state index is 6.13. The summed E-state index contributed by atoms with van der Waals surface area (Å²) in [6.07, 6.45) is 14.5. The second kappa shape index (κ2) is 6.33. The molecule has 2 aliphatic rings. The standard InChI is InChI=1S/C18H22ClN3/c1-3-15-16(4-2)21-22-17(20-15)18(11-6-12-18)13-7-5-8-14(19)10-9-13/h7-10H,3-6,11-12H2,1-2H3. The predicted octanol–water partition coefficient (Wildman–Crippen LogP) is 4.43. The number of hydrogen-bond donors (Lipinski definition) is 0. The fourth-order valence-electron chi connectivity index (χ4n) is 3.27. The minimum absolute atomic E-state index is 0.0605. The van der Waals surface area contributed by atoms with E-state index in [9.17, 15) is 0 Å². The highest BCUT2D eigenvalue weighted by molar-refractivity contribution is 6.31. The van der Waals surface area contributed by atoms with Crippen LogP contribution >= 0.6 is 11.6 Å². The summed E-state index contributed by atoms with van der Waals surface area (Å²) in [6.45, 7) is 4.24. The molecule has 1 fully saturated rings. The van der Waals surface area contributed by atoms with Gasteiger partial charge in [0.15, 0.2) is 5.82 Å². The van der Waals surface area contributed by atoms with E-state index in [0.29, 0.717) is 0 Å². The molecule has 3 rings (SSSR count). The molecule has 0 aliphatic heterocycles. The zero-order chi connectivity index (χ0) is 15.6. The van der Waals surface area contributed by atoms with E-state index in [1.54, 1.807) is 0 Å². The Balaban J connectivity index is 2.00. The smallest absolute Gasteiger partial charge is 0.161 e. The molecule has 0 spiro atoms. The summed E-state index contributed by atoms with van der Waals surface area (Å²) >= 11 is 6.13. The van der Waals surface area contributed by atoms with Gasteiger partial charge in [0.1, 0.15) is 0 Å². The molecule has 0 N–H and O–H groups in total. The first kappa shape index (κ1) is 15.4. The number of hydrogen-bond acceptors (Lipinski definition) is 3. The van der Waals surface area contributed by atoms with E-state index in [0.717, 1.165) is 54.3 Å². The maximum Gasteiger partial charge on any atom is 0.161 e. The molecule has 1 saturated carbocycles. The van der Waals surface area contributed by atoms with Crippen LogP contribution in [0.3, 0.4) is 0 Å². The van der Waals surface area contributed by atoms with Crippen LogP contribution in [0.25, 0.3) is 0 Å². The van der Waals surface area contributed by atoms with Crippen molar-refractivity contribution in [3.63, 3.8) is 0 Å². The summed E-state index contributed by atoms with van der Waals surface area (Å²) < 4.78 is 0. The highest BCUT2D eigenvalue weighted by Gasteiger charge is 2.44. The average Bonchev–Trinajstić information content (AvgIpc) is 2.71. The molecule has 1 aromatic heterocycles. The number of nitrogens with zero attached hydrogens (tertiary/aromatic N) is 3. The molecule has 0 saturated heterocycles. The van der Waals surface area contributed by atoms with Crippen LogP contribution in [0.1, 0.15) is 56.7 Å². The predicted molar refractivity (Wildman–Crippen MR) is 89.9 cm³/mol. The highest BCUT2D eigenvalue weighted by Crippen LogP contribution is 2.49. The third-order valence-electron chi connectivity index (χ3n) is 4.77. The second-order valence-corrected chi connectivity index (χ2v) is 6.43. The molecule has 2 aliphatic carbocycles. The van der Waals surface area contributed by atoms with Crippen molar-refractivity contribution >= 4 is 11.6 Å². The lowest BCUT2D eigenvalue weighted by Gasteiger charge is -2.41. The van der Waals surface area contributed by atoms with Crippen molar-refractivity contribution in [2.75, 3.05) is 0 Å². The van der Waals surface area contributed by atoms with Crippen LogP contribution in [-0.4, -0.2) is 15.2 Å². The van der Waals surface area contributed by atoms with E-state index in [-0.39, 0.29) is 5.41 Å². The Bertz CT molecular complexity index is 654. The average molecular weight is 316 g/mol. The molecule has 0 bridgehead atoms. The maximum atomic E-state index is 6.13. The Hall–Kier alpha value is -1.48. The third-order valence-corrected chi connectivity index (χ3v) is 5.05. The zero-order valence-corrected chi connectivity index (χ0v) is 14.0. The van der Waals surface area contributed by atoms with Crippen LogP contribution < -0.4 is 0 Å². The Labute approximate surface area is 137 Å². The molecular formula is C18H22ClN3. The van der Waals surface area contributed by atoms with Gasteiger partial charge in [-0.3, -0.25) is 0 Å². The molecule has 1 heterocycles. The first-order valence-corrected chi connectivity index (χ1v) is 8.54. The number of allylic oxidation sites excluding steroid dienone is 6. The van der Waals surface area contributed by atoms with Crippen LogP contribution in [0.4, 0.5) is 0 Å². The van der Waals surface area contributed by atoms with Crippen LogP contribution in [0.2, 0.25) is 0 Å². The minimum Gasteiger partial charge on any atom is -0.233 e. The molecule has 1 aromatic rings. The van der Waals surface area contributed by atoms with Crippen molar-refractivity contribution in [3.8, 4) is 0 Å². The summed E-state index contributed by atoms with van der Waals surface area (Å²) in [5.41, 5.74) is 3.34. The third kappa shape index (κ3) is 2.63. The normalized spacial score (nSPS) is 20.0. The first-order chi connectivity index (χ1) is 10.7. The van der Waals surface area contributed by atoms with Crippen LogP contribution in [-0.2, 0) is 18.3 Å². The van der Waals surface area contributed by atoms with Crippen LogP contribution in [0, 0.1) is 0 Å². The van der Waals surface area contributed by atoms with Crippen molar-refractivity contribution in [3.05, 3.63) is 52.1 Å². The summed E-state index contributed by atoms with van der Waals surface area (Å²) in [7, 11) is 0. The van der Waals surface area contributed by atoms with Gasteiger partial charge in [0.25, 0.3) is 0 Å². The lowest BCUT2D eigenvalue weighted by Crippen LogP contribution is -2.38. The number of aryl methyl sites for hydroxylation is 2. The fourth-order valence-corrected chi connectivity index (χ4v) is 3.42. The van der Waals surface area contributed by atoms with Gasteiger partial charge in [-0.05, 0) is 43.8 Å². The molecule has 3 nitrogen and oxygen atoms in total. The summed E-state index contributed by atoms with van der Waals surface area (Å²) in [5.74, 6) is 0.890. The van der Waals surface area contributed by atoms with Crippen molar-refractivity contribution in [1.82, 2.24) is 15.2 Å². The van der Waals surface area contributed by atoms with E-state index in [1.165, 1.54) is 12.0 Å². The molecule has 22 heavy (non-hydrogen) atoms. The zero-order valence-electron chi connectivity index (χ0n) is 13.3. The lowest BCUT2D eigenvalue weighted by atomic mass is 9.63. The van der Waals surface area contributed by atoms with E-state index >= 15 is 0 Å². The van der Waals surface area contributed by atoms with Crippen LogP contribution in [0.15, 0.2) is 34.9 Å². The summed E-state index contributed by atoms with van der Waals surface area (Å²) in [4.78, 5) is 4.88. The van der Waals surface area contributed by atoms with Gasteiger partial charge in [0, 0.05) is 5.03 Å². The summed E-state index contributed by atoms with van der Waals surface area (Å²) in [5, 5.41) is 9.74. The van der Waals surface area contributed by atoms with Gasteiger partial charge in [-0.2, -0.15) is 5.10 Å². The van der Waals surface area contributed by atoms with Gasteiger partial charge in [-0.15, -0.1) is 5.10 Å². The van der Waals surface area contributed by atoms with Gasteiger partial charge in [-0.1, -0.05) is 50.1 Å². The highest BCUT2D eigenvalue weighted by atomic mass is 35.5. The monoisotopic (exact) mass is 315 g/mol. The number of rotatable bonds is 4. The Morgan fingerprint density at radius 3 is 2.45 bits per heavy atom. The van der Waals surface area contributed by atoms with Crippen molar-refractivity contribution in [1.29, 1.82) is 0 Å². The van der Waals surface area contributed by atoms with Gasteiger partial charge >= 0.3 is 0 Å². The van der Waals surface area contributed by atoms with Gasteiger partial charge < -0.3 is 0 Å². The van der Waals surface area contributed by atoms with E-state index in [1.807, 2.05) is 12.2 Å². The van der Waals surface area contributed by atoms with Crippen molar-refractivity contribution in [2.45, 2.75) is 57.8 Å². The van der Waals surface area contributed by atoms with E-state index < -0.39 is 0 Å². The fraction of sp³-hybridized carbons (Fsp3) is 0.500. The molecule has 0 atom stereocenters. The minimum atomic E-state index is -0.0605. The van der Waals surface area contributed by atoms with Gasteiger partial charge in [0.2, 0.25) is 0 Å². The Morgan fingerprint density at radius 1 is 1.05 bits per heavy atom. The second-order valence-electron chi connectivity index (χ2n) is 5.99. The molecule has 116 valence electrons.